The van der Waals surface area contributed by atoms with Gasteiger partial charge in [-0.1, -0.05) is 194 Å². The van der Waals surface area contributed by atoms with E-state index < -0.39 is 0 Å². The molecule has 5 heteroatoms. The minimum absolute atomic E-state index is 0.558. The molecule has 0 aliphatic rings. The van der Waals surface area contributed by atoms with Crippen LogP contribution in [0.4, 0.5) is 0 Å². The highest BCUT2D eigenvalue weighted by atomic mass is 15.2. The Hall–Kier alpha value is -9.19. The lowest BCUT2D eigenvalue weighted by atomic mass is 9.94. The summed E-state index contributed by atoms with van der Waals surface area (Å²) in [6.07, 6.45) is 0. The summed E-state index contributed by atoms with van der Waals surface area (Å²) in [5.41, 5.74) is 11.8. The van der Waals surface area contributed by atoms with Gasteiger partial charge in [0.1, 0.15) is 0 Å². The van der Waals surface area contributed by atoms with Crippen molar-refractivity contribution < 1.29 is 0 Å². The molecule has 0 unspecified atom stereocenters. The monoisotopic (exact) mass is 865 g/mol. The third-order valence-corrected chi connectivity index (χ3v) is 13.7. The van der Waals surface area contributed by atoms with Gasteiger partial charge in [0, 0.05) is 38.4 Å². The Bertz CT molecular complexity index is 4280. The molecule has 0 aliphatic heterocycles. The highest BCUT2D eigenvalue weighted by Crippen LogP contribution is 2.43. The molecule has 0 spiro atoms. The van der Waals surface area contributed by atoms with E-state index in [1.807, 2.05) is 18.2 Å². The molecule has 14 rings (SSSR count). The molecule has 3 aromatic heterocycles. The van der Waals surface area contributed by atoms with Crippen LogP contribution in [-0.4, -0.2) is 24.1 Å². The van der Waals surface area contributed by atoms with Crippen LogP contribution in [0.25, 0.3) is 133 Å². The van der Waals surface area contributed by atoms with Crippen molar-refractivity contribution in [2.75, 3.05) is 0 Å². The zero-order chi connectivity index (χ0) is 44.7. The van der Waals surface area contributed by atoms with Gasteiger partial charge in [-0.2, -0.15) is 9.97 Å². The van der Waals surface area contributed by atoms with Gasteiger partial charge >= 0.3 is 0 Å². The lowest BCUT2D eigenvalue weighted by Crippen LogP contribution is -2.06. The molecule has 11 aromatic carbocycles. The zero-order valence-electron chi connectivity index (χ0n) is 36.8. The van der Waals surface area contributed by atoms with Gasteiger partial charge < -0.3 is 4.57 Å². The maximum absolute atomic E-state index is 5.40. The van der Waals surface area contributed by atoms with Crippen molar-refractivity contribution in [2.24, 2.45) is 0 Å². The molecule has 0 saturated carbocycles. The molecule has 0 saturated heterocycles. The standard InChI is InChI=1S/C63H39N5/c1-3-17-40(18-4-1)42-21-15-22-43(37-42)44-23-16-24-45(38-44)62-64-61(41-19-5-2-6-20-41)65-63(66-62)68-57-32-14-12-30-54(57)59-58(68)36-35-53-52-29-11-13-31-56(52)67(60(53)59)46-33-34-51-49-27-8-7-25-47(49)48-26-9-10-28-50(48)55(51)39-46/h1-39H. The van der Waals surface area contributed by atoms with Gasteiger partial charge in [0.15, 0.2) is 11.6 Å². The summed E-state index contributed by atoms with van der Waals surface area (Å²) in [7, 11) is 0. The number of hydrogen-bond acceptors (Lipinski definition) is 3. The van der Waals surface area contributed by atoms with Gasteiger partial charge in [0.2, 0.25) is 5.95 Å². The maximum atomic E-state index is 5.40. The van der Waals surface area contributed by atoms with Crippen LogP contribution in [0, 0.1) is 0 Å². The molecule has 0 radical (unpaired) electrons. The van der Waals surface area contributed by atoms with E-state index >= 15 is 0 Å². The second kappa shape index (κ2) is 15.2. The van der Waals surface area contributed by atoms with Crippen molar-refractivity contribution in [3.8, 4) is 56.7 Å². The predicted octanol–water partition coefficient (Wildman–Crippen LogP) is 16.2. The molecule has 0 fully saturated rings. The van der Waals surface area contributed by atoms with E-state index in [9.17, 15) is 0 Å². The number of hydrogen-bond donors (Lipinski definition) is 0. The fourth-order valence-corrected chi connectivity index (χ4v) is 10.7. The van der Waals surface area contributed by atoms with E-state index in [1.165, 1.54) is 54.2 Å². The van der Waals surface area contributed by atoms with E-state index in [4.69, 9.17) is 15.0 Å². The molecule has 0 aliphatic carbocycles. The Labute approximate surface area is 391 Å². The molecule has 0 amide bonds. The summed E-state index contributed by atoms with van der Waals surface area (Å²) in [5.74, 6) is 1.77. The Morgan fingerprint density at radius 1 is 0.250 bits per heavy atom. The zero-order valence-corrected chi connectivity index (χ0v) is 36.8. The first-order valence-corrected chi connectivity index (χ1v) is 23.1. The first kappa shape index (κ1) is 38.1. The van der Waals surface area contributed by atoms with Crippen LogP contribution >= 0.6 is 0 Å². The van der Waals surface area contributed by atoms with Crippen molar-refractivity contribution in [3.63, 3.8) is 0 Å². The smallest absolute Gasteiger partial charge is 0.238 e. The van der Waals surface area contributed by atoms with Crippen LogP contribution < -0.4 is 0 Å². The van der Waals surface area contributed by atoms with E-state index in [0.717, 1.165) is 60.8 Å². The first-order chi connectivity index (χ1) is 33.7. The van der Waals surface area contributed by atoms with E-state index in [1.54, 1.807) is 0 Å². The molecule has 316 valence electrons. The number of fused-ring (bicyclic) bond motifs is 13. The van der Waals surface area contributed by atoms with E-state index in [-0.39, 0.29) is 0 Å². The third kappa shape index (κ3) is 5.93. The molecule has 5 nitrogen and oxygen atoms in total. The molecule has 0 atom stereocenters. The molecule has 68 heavy (non-hydrogen) atoms. The number of aromatic nitrogens is 5. The minimum Gasteiger partial charge on any atom is -0.309 e. The Morgan fingerprint density at radius 2 is 0.706 bits per heavy atom. The van der Waals surface area contributed by atoms with Gasteiger partial charge in [-0.3, -0.25) is 4.57 Å². The largest absolute Gasteiger partial charge is 0.309 e. The second-order valence-electron chi connectivity index (χ2n) is 17.6. The van der Waals surface area contributed by atoms with Crippen molar-refractivity contribution in [2.45, 2.75) is 0 Å². The molecule has 14 aromatic rings. The topological polar surface area (TPSA) is 48.5 Å². The van der Waals surface area contributed by atoms with Gasteiger partial charge in [-0.25, -0.2) is 4.98 Å². The fraction of sp³-hybridized carbons (Fsp3) is 0. The van der Waals surface area contributed by atoms with Crippen molar-refractivity contribution >= 4 is 75.9 Å². The molecule has 3 heterocycles. The average molecular weight is 866 g/mol. The lowest BCUT2D eigenvalue weighted by molar-refractivity contribution is 0.953. The van der Waals surface area contributed by atoms with Crippen LogP contribution in [-0.2, 0) is 0 Å². The summed E-state index contributed by atoms with van der Waals surface area (Å²) in [4.78, 5) is 15.9. The number of nitrogens with zero attached hydrogens (tertiary/aromatic N) is 5. The van der Waals surface area contributed by atoms with Crippen LogP contribution in [0.15, 0.2) is 237 Å². The van der Waals surface area contributed by atoms with E-state index in [0.29, 0.717) is 17.6 Å². The van der Waals surface area contributed by atoms with Gasteiger partial charge in [0.25, 0.3) is 0 Å². The van der Waals surface area contributed by atoms with Gasteiger partial charge in [-0.05, 0) is 97.0 Å². The van der Waals surface area contributed by atoms with Crippen LogP contribution in [0.2, 0.25) is 0 Å². The van der Waals surface area contributed by atoms with Crippen molar-refractivity contribution in [1.29, 1.82) is 0 Å². The summed E-state index contributed by atoms with van der Waals surface area (Å²) < 4.78 is 4.71. The van der Waals surface area contributed by atoms with Crippen molar-refractivity contribution in [3.05, 3.63) is 237 Å². The summed E-state index contributed by atoms with van der Waals surface area (Å²) in [6, 6.07) is 84.6. The molecule has 0 N–H and O–H groups in total. The average Bonchev–Trinajstić information content (AvgIpc) is 3.94. The normalized spacial score (nSPS) is 11.8. The number of benzene rings is 11. The number of rotatable bonds is 6. The Kier molecular flexibility index (Phi) is 8.52. The highest BCUT2D eigenvalue weighted by molar-refractivity contribution is 6.28. The van der Waals surface area contributed by atoms with Crippen LogP contribution in [0.3, 0.4) is 0 Å². The molecular formula is C63H39N5. The third-order valence-electron chi connectivity index (χ3n) is 13.7. The maximum Gasteiger partial charge on any atom is 0.238 e. The highest BCUT2D eigenvalue weighted by Gasteiger charge is 2.23. The summed E-state index contributed by atoms with van der Waals surface area (Å²) >= 11 is 0. The van der Waals surface area contributed by atoms with Crippen LogP contribution in [0.5, 0.6) is 0 Å². The summed E-state index contributed by atoms with van der Waals surface area (Å²) in [5, 5.41) is 12.2. The quantitative estimate of drug-likeness (QED) is 0.156. The van der Waals surface area contributed by atoms with Crippen LogP contribution in [0.1, 0.15) is 0 Å². The fourth-order valence-electron chi connectivity index (χ4n) is 10.7. The van der Waals surface area contributed by atoms with Crippen molar-refractivity contribution in [1.82, 2.24) is 24.1 Å². The minimum atomic E-state index is 0.558. The summed E-state index contributed by atoms with van der Waals surface area (Å²) in [6.45, 7) is 0. The van der Waals surface area contributed by atoms with E-state index in [2.05, 4.69) is 228 Å². The Morgan fingerprint density at radius 3 is 1.37 bits per heavy atom. The SMILES string of the molecule is c1ccc(-c2cccc(-c3cccc(-c4nc(-c5ccccc5)nc(-n5c6ccccc6c6c5ccc5c7ccccc7n(-c7ccc8c9ccccc9c9ccccc9c8c7)c56)n4)c3)c2)cc1. The van der Waals surface area contributed by atoms with Gasteiger partial charge in [-0.15, -0.1) is 0 Å². The van der Waals surface area contributed by atoms with Gasteiger partial charge in [0.05, 0.1) is 22.1 Å². The lowest BCUT2D eigenvalue weighted by Gasteiger charge is -2.14. The molecule has 0 bridgehead atoms. The second-order valence-corrected chi connectivity index (χ2v) is 17.6. The molecular weight excluding hydrogens is 827 g/mol. The first-order valence-electron chi connectivity index (χ1n) is 23.1. The Balaban J connectivity index is 1.01. The number of para-hydroxylation sites is 2. The predicted molar refractivity (Wildman–Crippen MR) is 283 cm³/mol.